The number of nitrogens with zero attached hydrogens (tertiary/aromatic N) is 7. The molecule has 0 radical (unpaired) electrons. The third kappa shape index (κ3) is 13.9. The Morgan fingerprint density at radius 2 is 1.12 bits per heavy atom. The molecule has 2 heterocycles. The first-order valence-electron chi connectivity index (χ1n) is 17.6. The smallest absolute Gasteiger partial charge is 0.442 e. The lowest BCUT2D eigenvalue weighted by Crippen LogP contribution is -2.22. The number of hydrogen-bond acceptors (Lipinski definition) is 11. The minimum absolute atomic E-state index is 0.0175. The zero-order valence-electron chi connectivity index (χ0n) is 32.3. The highest BCUT2D eigenvalue weighted by Gasteiger charge is 2.27. The molecule has 0 spiro atoms. The van der Waals surface area contributed by atoms with Gasteiger partial charge in [0.15, 0.2) is 0 Å². The van der Waals surface area contributed by atoms with Crippen LogP contribution in [0.2, 0.25) is 51.4 Å². The summed E-state index contributed by atoms with van der Waals surface area (Å²) in [5, 5.41) is 8.52. The first-order chi connectivity index (χ1) is 26.4. The van der Waals surface area contributed by atoms with E-state index >= 15 is 0 Å². The van der Waals surface area contributed by atoms with Gasteiger partial charge in [-0.3, -0.25) is 0 Å². The minimum atomic E-state index is -3.49. The summed E-state index contributed by atoms with van der Waals surface area (Å²) in [7, 11) is -9.15. The maximum Gasteiger partial charge on any atom is 0.442 e. The highest BCUT2D eigenvalue weighted by molar-refractivity contribution is 9.10. The molecule has 3 aromatic carbocycles. The Morgan fingerprint density at radius 1 is 0.696 bits per heavy atom. The Bertz CT molecular complexity index is 2260. The molecule has 0 aliphatic carbocycles. The molecule has 1 amide bonds. The van der Waals surface area contributed by atoms with Gasteiger partial charge in [-0.25, -0.2) is 27.4 Å². The van der Waals surface area contributed by atoms with Gasteiger partial charge in [0.25, 0.3) is 0 Å². The van der Waals surface area contributed by atoms with E-state index < -0.39 is 41.7 Å². The Balaban J connectivity index is 0.000000265. The zero-order chi connectivity index (χ0) is 41.0. The van der Waals surface area contributed by atoms with Crippen molar-refractivity contribution in [3.8, 4) is 0 Å². The van der Waals surface area contributed by atoms with Crippen molar-refractivity contribution in [3.05, 3.63) is 106 Å². The topological polar surface area (TPSA) is 177 Å². The summed E-state index contributed by atoms with van der Waals surface area (Å²) in [4.78, 5) is 21.7. The quantitative estimate of drug-likeness (QED) is 0.0741. The summed E-state index contributed by atoms with van der Waals surface area (Å²) in [5.41, 5.74) is 0.800. The largest absolute Gasteiger partial charge is 0.443 e. The van der Waals surface area contributed by atoms with Crippen LogP contribution in [0.1, 0.15) is 5.56 Å². The van der Waals surface area contributed by atoms with Crippen molar-refractivity contribution in [2.75, 3.05) is 13.2 Å². The SMILES string of the molecule is C[Si](C)(C)CCOCn1nc(Br)nc1S(=N)(=O)c1ccccc1.C[Si](C)(C)CCOCn1nc(Br)nc1S(=O)(=NC(=O)OCc1ccccc1)c1ccccc1. The minimum Gasteiger partial charge on any atom is -0.443 e. The Hall–Kier alpha value is -3.38. The van der Waals surface area contributed by atoms with Crippen molar-refractivity contribution < 1.29 is 27.4 Å². The molecule has 2 unspecified atom stereocenters. The monoisotopic (exact) mass is 966 g/mol. The molecule has 0 saturated carbocycles. The van der Waals surface area contributed by atoms with Crippen LogP contribution < -0.4 is 0 Å². The van der Waals surface area contributed by atoms with Crippen molar-refractivity contribution in [2.45, 2.75) is 91.5 Å². The fourth-order valence-corrected chi connectivity index (χ4v) is 10.2. The van der Waals surface area contributed by atoms with E-state index in [4.69, 9.17) is 19.0 Å². The summed E-state index contributed by atoms with van der Waals surface area (Å²) in [6.07, 6.45) is -0.946. The van der Waals surface area contributed by atoms with Crippen molar-refractivity contribution in [1.82, 2.24) is 29.5 Å². The third-order valence-corrected chi connectivity index (χ3v) is 15.6. The number of amides is 1. The number of aromatic nitrogens is 6. The Morgan fingerprint density at radius 3 is 1.61 bits per heavy atom. The summed E-state index contributed by atoms with van der Waals surface area (Å²) in [6, 6.07) is 28.4. The molecule has 1 N–H and O–H groups in total. The lowest BCUT2D eigenvalue weighted by molar-refractivity contribution is 0.0713. The molecule has 0 fully saturated rings. The molecule has 0 aliphatic rings. The average Bonchev–Trinajstić information content (AvgIpc) is 3.73. The van der Waals surface area contributed by atoms with E-state index in [-0.39, 0.29) is 35.1 Å². The van der Waals surface area contributed by atoms with Gasteiger partial charge in [-0.05, 0) is 73.8 Å². The number of hydrogen-bond donors (Lipinski definition) is 1. The van der Waals surface area contributed by atoms with Gasteiger partial charge in [-0.2, -0.15) is 9.97 Å². The number of ether oxygens (including phenoxy) is 3. The molecule has 14 nitrogen and oxygen atoms in total. The van der Waals surface area contributed by atoms with Gasteiger partial charge in [-0.15, -0.1) is 14.6 Å². The molecular weight excluding hydrogens is 921 g/mol. The van der Waals surface area contributed by atoms with Crippen molar-refractivity contribution >= 4 is 73.6 Å². The third-order valence-electron chi connectivity index (χ3n) is 7.69. The predicted octanol–water partition coefficient (Wildman–Crippen LogP) is 9.39. The fraction of sp³-hybridized carbons (Fsp3) is 0.361. The van der Waals surface area contributed by atoms with E-state index in [9.17, 15) is 13.2 Å². The highest BCUT2D eigenvalue weighted by Crippen LogP contribution is 2.25. The fourth-order valence-electron chi connectivity index (χ4n) is 4.62. The molecule has 5 aromatic rings. The summed E-state index contributed by atoms with van der Waals surface area (Å²) < 4.78 is 59.3. The van der Waals surface area contributed by atoms with E-state index in [2.05, 4.69) is 95.7 Å². The normalized spacial score (nSPS) is 13.9. The second kappa shape index (κ2) is 20.4. The number of carbonyl (C=O) groups excluding carboxylic acids is 1. The lowest BCUT2D eigenvalue weighted by Gasteiger charge is -2.16. The van der Waals surface area contributed by atoms with Gasteiger partial charge >= 0.3 is 6.09 Å². The molecule has 0 bridgehead atoms. The zero-order valence-corrected chi connectivity index (χ0v) is 39.1. The van der Waals surface area contributed by atoms with Crippen LogP contribution in [-0.2, 0) is 53.7 Å². The Labute approximate surface area is 348 Å². The van der Waals surface area contributed by atoms with Crippen LogP contribution in [0.3, 0.4) is 0 Å². The van der Waals surface area contributed by atoms with Crippen molar-refractivity contribution in [1.29, 1.82) is 4.78 Å². The molecule has 2 atom stereocenters. The van der Waals surface area contributed by atoms with Crippen LogP contribution in [0.5, 0.6) is 0 Å². The lowest BCUT2D eigenvalue weighted by atomic mass is 10.2. The van der Waals surface area contributed by atoms with E-state index in [1.807, 2.05) is 36.4 Å². The van der Waals surface area contributed by atoms with E-state index in [1.165, 1.54) is 9.36 Å². The van der Waals surface area contributed by atoms with Crippen molar-refractivity contribution in [2.24, 2.45) is 4.36 Å². The number of carbonyl (C=O) groups is 1. The molecule has 20 heteroatoms. The highest BCUT2D eigenvalue weighted by atomic mass is 79.9. The predicted molar refractivity (Wildman–Crippen MR) is 228 cm³/mol. The van der Waals surface area contributed by atoms with Crippen LogP contribution in [0.4, 0.5) is 4.79 Å². The second-order valence-corrected chi connectivity index (χ2v) is 31.5. The van der Waals surface area contributed by atoms with Gasteiger partial charge in [0.1, 0.15) is 39.5 Å². The van der Waals surface area contributed by atoms with Crippen LogP contribution in [0.25, 0.3) is 0 Å². The number of nitrogens with one attached hydrogen (secondary N) is 1. The van der Waals surface area contributed by atoms with Gasteiger partial charge in [0.2, 0.25) is 19.8 Å². The Kier molecular flexibility index (Phi) is 16.5. The van der Waals surface area contributed by atoms with Gasteiger partial charge in [0, 0.05) is 29.4 Å². The molecule has 2 aromatic heterocycles. The number of halogens is 2. The first kappa shape index (κ1) is 45.3. The maximum absolute atomic E-state index is 14.2. The van der Waals surface area contributed by atoms with E-state index in [1.54, 1.807) is 54.6 Å². The standard InChI is InChI=1S/C22H27BrN4O4SSi.C14H21BrN4O2SSi/c1-33(2,3)15-14-30-17-27-21(24-20(23)25-27)32(29,19-12-8-5-9-13-19)26-22(28)31-16-18-10-6-4-7-11-18;1-23(2,3)10-9-21-11-19-14(17-13(15)18-19)22(16,20)12-7-5-4-6-8-12/h4-13H,14-17H2,1-3H3;4-8,16H,9-11H2,1-3H3. The van der Waals surface area contributed by atoms with Crippen LogP contribution in [0.15, 0.2) is 125 Å². The van der Waals surface area contributed by atoms with Crippen LogP contribution in [0, 0.1) is 4.78 Å². The summed E-state index contributed by atoms with van der Waals surface area (Å²) in [5.74, 6) is 0. The maximum atomic E-state index is 14.2. The number of benzene rings is 3. The summed E-state index contributed by atoms with van der Waals surface area (Å²) in [6.45, 7) is 15.0. The molecule has 302 valence electrons. The molecular formula is C36H48Br2N8O6S2Si2. The van der Waals surface area contributed by atoms with Gasteiger partial charge in [0.05, 0.1) is 9.79 Å². The first-order valence-corrected chi connectivity index (χ1v) is 29.7. The van der Waals surface area contributed by atoms with Crippen LogP contribution >= 0.6 is 31.9 Å². The van der Waals surface area contributed by atoms with Crippen LogP contribution in [-0.4, -0.2) is 73.4 Å². The molecule has 56 heavy (non-hydrogen) atoms. The molecule has 5 rings (SSSR count). The van der Waals surface area contributed by atoms with E-state index in [0.717, 1.165) is 17.7 Å². The van der Waals surface area contributed by atoms with E-state index in [0.29, 0.717) is 27.7 Å². The average molecular weight is 969 g/mol. The van der Waals surface area contributed by atoms with Gasteiger partial charge in [-0.1, -0.05) is 106 Å². The number of rotatable bonds is 16. The van der Waals surface area contributed by atoms with Gasteiger partial charge < -0.3 is 14.2 Å². The second-order valence-electron chi connectivity index (χ2n) is 14.9. The van der Waals surface area contributed by atoms with Crippen molar-refractivity contribution in [3.63, 3.8) is 0 Å². The molecule has 0 saturated heterocycles. The molecule has 0 aliphatic heterocycles. The summed E-state index contributed by atoms with van der Waals surface area (Å²) >= 11 is 6.43.